The van der Waals surface area contributed by atoms with Crippen LogP contribution < -0.4 is 0 Å². The third kappa shape index (κ3) is 2.55. The molecule has 0 amide bonds. The van der Waals surface area contributed by atoms with Gasteiger partial charge in [0.15, 0.2) is 0 Å². The summed E-state index contributed by atoms with van der Waals surface area (Å²) in [6, 6.07) is 3.11. The molecular weight excluding hydrogens is 186 g/mol. The van der Waals surface area contributed by atoms with E-state index in [4.69, 9.17) is 5.11 Å². The number of hydrogen-bond donors (Lipinski definition) is 1. The van der Waals surface area contributed by atoms with Gasteiger partial charge in [0.2, 0.25) is 6.10 Å². The molecule has 0 saturated carbocycles. The van der Waals surface area contributed by atoms with Gasteiger partial charge in [0.05, 0.1) is 0 Å². The Morgan fingerprint density at radius 1 is 1.57 bits per heavy atom. The molecule has 0 fully saturated rings. The highest BCUT2D eigenvalue weighted by Crippen LogP contribution is 2.16. The summed E-state index contributed by atoms with van der Waals surface area (Å²) >= 11 is 0. The van der Waals surface area contributed by atoms with Gasteiger partial charge in [0.25, 0.3) is 0 Å². The van der Waals surface area contributed by atoms with Crippen LogP contribution in [-0.2, 0) is 14.3 Å². The van der Waals surface area contributed by atoms with Crippen molar-refractivity contribution >= 4 is 11.9 Å². The lowest BCUT2D eigenvalue weighted by molar-refractivity contribution is -0.163. The third-order valence-corrected chi connectivity index (χ3v) is 1.50. The zero-order chi connectivity index (χ0) is 10.6. The predicted octanol–water partition coefficient (Wildman–Crippen LogP) is 0.770. The largest absolute Gasteiger partial charge is 0.478 e. The van der Waals surface area contributed by atoms with Gasteiger partial charge in [0.1, 0.15) is 0 Å². The van der Waals surface area contributed by atoms with Crippen LogP contribution in [0.1, 0.15) is 18.6 Å². The normalized spacial score (nSPS) is 11.8. The molecule has 0 bridgehead atoms. The molecule has 0 aliphatic carbocycles. The van der Waals surface area contributed by atoms with Gasteiger partial charge >= 0.3 is 11.9 Å². The van der Waals surface area contributed by atoms with Crippen LogP contribution in [0, 0.1) is 0 Å². The minimum atomic E-state index is -1.28. The van der Waals surface area contributed by atoms with Crippen molar-refractivity contribution in [1.82, 2.24) is 4.98 Å². The van der Waals surface area contributed by atoms with E-state index in [1.54, 1.807) is 6.07 Å². The van der Waals surface area contributed by atoms with Crippen molar-refractivity contribution in [1.29, 1.82) is 0 Å². The highest BCUT2D eigenvalue weighted by molar-refractivity contribution is 5.78. The summed E-state index contributed by atoms with van der Waals surface area (Å²) in [5.74, 6) is -1.85. The van der Waals surface area contributed by atoms with Crippen molar-refractivity contribution in [3.63, 3.8) is 0 Å². The second-order valence-corrected chi connectivity index (χ2v) is 2.61. The van der Waals surface area contributed by atoms with Gasteiger partial charge in [0, 0.05) is 24.9 Å². The summed E-state index contributed by atoms with van der Waals surface area (Å²) < 4.78 is 4.62. The Bertz CT molecular complexity index is 336. The summed E-state index contributed by atoms with van der Waals surface area (Å²) in [4.78, 5) is 25.1. The van der Waals surface area contributed by atoms with Crippen LogP contribution in [0.25, 0.3) is 0 Å². The molecule has 0 saturated heterocycles. The number of nitrogens with zero attached hydrogens (tertiary/aromatic N) is 1. The number of ether oxygens (including phenoxy) is 1. The average Bonchev–Trinajstić information content (AvgIpc) is 2.15. The van der Waals surface area contributed by atoms with E-state index >= 15 is 0 Å². The molecular formula is C9H9NO4. The first-order valence-corrected chi connectivity index (χ1v) is 3.91. The highest BCUT2D eigenvalue weighted by atomic mass is 16.6. The Morgan fingerprint density at radius 2 is 2.29 bits per heavy atom. The Balaban J connectivity index is 2.89. The number of carboxylic acids is 1. The van der Waals surface area contributed by atoms with Gasteiger partial charge in [-0.1, -0.05) is 6.07 Å². The van der Waals surface area contributed by atoms with Crippen LogP contribution in [0.15, 0.2) is 24.5 Å². The summed E-state index contributed by atoms with van der Waals surface area (Å²) in [6.45, 7) is 1.16. The number of carbonyl (C=O) groups excluding carboxylic acids is 1. The van der Waals surface area contributed by atoms with Crippen molar-refractivity contribution in [2.45, 2.75) is 13.0 Å². The van der Waals surface area contributed by atoms with Crippen LogP contribution in [0.3, 0.4) is 0 Å². The molecule has 0 aromatic carbocycles. The topological polar surface area (TPSA) is 76.5 Å². The van der Waals surface area contributed by atoms with Crippen molar-refractivity contribution < 1.29 is 19.4 Å². The maximum atomic E-state index is 10.7. The van der Waals surface area contributed by atoms with Crippen molar-refractivity contribution in [2.24, 2.45) is 0 Å². The summed E-state index contributed by atoms with van der Waals surface area (Å²) in [7, 11) is 0. The smallest absolute Gasteiger partial charge is 0.349 e. The first kappa shape index (κ1) is 10.2. The molecule has 0 radical (unpaired) electrons. The van der Waals surface area contributed by atoms with Gasteiger partial charge in [-0.15, -0.1) is 0 Å². The molecule has 5 nitrogen and oxygen atoms in total. The Morgan fingerprint density at radius 3 is 2.71 bits per heavy atom. The zero-order valence-electron chi connectivity index (χ0n) is 7.51. The van der Waals surface area contributed by atoms with Gasteiger partial charge in [-0.3, -0.25) is 9.78 Å². The van der Waals surface area contributed by atoms with Crippen LogP contribution in [-0.4, -0.2) is 22.0 Å². The molecule has 0 aliphatic heterocycles. The van der Waals surface area contributed by atoms with Gasteiger partial charge < -0.3 is 9.84 Å². The minimum absolute atomic E-state index is 0.343. The SMILES string of the molecule is CC(=O)O[C@@H](C(=O)O)c1cccnc1. The number of esters is 1. The number of pyridine rings is 1. The number of hydrogen-bond acceptors (Lipinski definition) is 4. The molecule has 0 spiro atoms. The first-order chi connectivity index (χ1) is 6.61. The monoisotopic (exact) mass is 195 g/mol. The Labute approximate surface area is 80.3 Å². The van der Waals surface area contributed by atoms with Crippen molar-refractivity contribution in [3.8, 4) is 0 Å². The Hall–Kier alpha value is -1.91. The van der Waals surface area contributed by atoms with Gasteiger partial charge in [-0.25, -0.2) is 4.79 Å². The standard InChI is InChI=1S/C9H9NO4/c1-6(11)14-8(9(12)13)7-3-2-4-10-5-7/h2-5,8H,1H3,(H,12,13)/t8-/m1/s1. The van der Waals surface area contributed by atoms with Crippen LogP contribution >= 0.6 is 0 Å². The third-order valence-electron chi connectivity index (χ3n) is 1.50. The number of carbonyl (C=O) groups is 2. The van der Waals surface area contributed by atoms with E-state index in [2.05, 4.69) is 9.72 Å². The minimum Gasteiger partial charge on any atom is -0.478 e. The van der Waals surface area contributed by atoms with E-state index in [9.17, 15) is 9.59 Å². The second-order valence-electron chi connectivity index (χ2n) is 2.61. The van der Waals surface area contributed by atoms with Gasteiger partial charge in [-0.05, 0) is 6.07 Å². The molecule has 1 atom stereocenters. The number of carboxylic acid groups (broad SMARTS) is 1. The highest BCUT2D eigenvalue weighted by Gasteiger charge is 2.22. The quantitative estimate of drug-likeness (QED) is 0.721. The Kier molecular flexibility index (Phi) is 3.17. The average molecular weight is 195 g/mol. The van der Waals surface area contributed by atoms with Crippen molar-refractivity contribution in [3.05, 3.63) is 30.1 Å². The van der Waals surface area contributed by atoms with E-state index in [0.717, 1.165) is 6.92 Å². The fourth-order valence-electron chi connectivity index (χ4n) is 0.958. The molecule has 1 aromatic heterocycles. The lowest BCUT2D eigenvalue weighted by atomic mass is 10.2. The van der Waals surface area contributed by atoms with Crippen molar-refractivity contribution in [2.75, 3.05) is 0 Å². The molecule has 0 aliphatic rings. The molecule has 1 aromatic rings. The van der Waals surface area contributed by atoms with Crippen LogP contribution in [0.4, 0.5) is 0 Å². The zero-order valence-corrected chi connectivity index (χ0v) is 7.51. The van der Waals surface area contributed by atoms with Gasteiger partial charge in [-0.2, -0.15) is 0 Å². The first-order valence-electron chi connectivity index (χ1n) is 3.91. The summed E-state index contributed by atoms with van der Waals surface area (Å²) in [5, 5.41) is 8.77. The predicted molar refractivity (Wildman–Crippen MR) is 46.4 cm³/mol. The molecule has 1 rings (SSSR count). The molecule has 1 N–H and O–H groups in total. The maximum absolute atomic E-state index is 10.7. The van der Waals surface area contributed by atoms with Crippen LogP contribution in [0.5, 0.6) is 0 Å². The van der Waals surface area contributed by atoms with E-state index in [-0.39, 0.29) is 0 Å². The number of rotatable bonds is 3. The molecule has 1 heterocycles. The second kappa shape index (κ2) is 4.36. The molecule has 14 heavy (non-hydrogen) atoms. The number of aromatic nitrogens is 1. The van der Waals surface area contributed by atoms with E-state index < -0.39 is 18.0 Å². The summed E-state index contributed by atoms with van der Waals surface area (Å²) in [6.07, 6.45) is 1.58. The molecule has 5 heteroatoms. The maximum Gasteiger partial charge on any atom is 0.349 e. The molecule has 0 unspecified atom stereocenters. The lowest BCUT2D eigenvalue weighted by Gasteiger charge is -2.11. The van der Waals surface area contributed by atoms with E-state index in [1.807, 2.05) is 0 Å². The number of aliphatic carboxylic acids is 1. The summed E-state index contributed by atoms with van der Waals surface area (Å²) in [5.41, 5.74) is 0.343. The van der Waals surface area contributed by atoms with Crippen LogP contribution in [0.2, 0.25) is 0 Å². The van der Waals surface area contributed by atoms with E-state index in [0.29, 0.717) is 5.56 Å². The van der Waals surface area contributed by atoms with E-state index in [1.165, 1.54) is 18.5 Å². The lowest BCUT2D eigenvalue weighted by Crippen LogP contribution is -2.17. The fraction of sp³-hybridized carbons (Fsp3) is 0.222. The molecule has 74 valence electrons. The fourth-order valence-corrected chi connectivity index (χ4v) is 0.958.